The zero-order valence-electron chi connectivity index (χ0n) is 13.0. The van der Waals surface area contributed by atoms with Crippen LogP contribution in [0.2, 0.25) is 0 Å². The summed E-state index contributed by atoms with van der Waals surface area (Å²) in [6, 6.07) is 6.75. The molecule has 1 aromatic carbocycles. The van der Waals surface area contributed by atoms with Crippen LogP contribution in [0.4, 0.5) is 4.79 Å². The van der Waals surface area contributed by atoms with Crippen LogP contribution in [-0.4, -0.2) is 41.7 Å². The van der Waals surface area contributed by atoms with Crippen LogP contribution in [0, 0.1) is 0 Å². The largest absolute Gasteiger partial charge is 0.494 e. The molecule has 1 aromatic rings. The summed E-state index contributed by atoms with van der Waals surface area (Å²) in [7, 11) is 0. The number of urea groups is 1. The van der Waals surface area contributed by atoms with Crippen molar-refractivity contribution in [3.63, 3.8) is 0 Å². The van der Waals surface area contributed by atoms with Gasteiger partial charge in [-0.1, -0.05) is 19.1 Å². The van der Waals surface area contributed by atoms with Crippen molar-refractivity contribution in [3.8, 4) is 5.75 Å². The molecule has 6 nitrogen and oxygen atoms in total. The van der Waals surface area contributed by atoms with Gasteiger partial charge in [-0.3, -0.25) is 9.69 Å². The fourth-order valence-corrected chi connectivity index (χ4v) is 2.43. The third-order valence-electron chi connectivity index (χ3n) is 3.72. The lowest BCUT2D eigenvalue weighted by Crippen LogP contribution is -2.41. The summed E-state index contributed by atoms with van der Waals surface area (Å²) < 4.78 is 5.52. The first-order valence-corrected chi connectivity index (χ1v) is 7.51. The number of aliphatic hydroxyl groups excluding tert-OH is 1. The Morgan fingerprint density at radius 2 is 1.95 bits per heavy atom. The lowest BCUT2D eigenvalue weighted by atomic mass is 9.92. The number of carbonyl (C=O) groups is 2. The monoisotopic (exact) mass is 306 g/mol. The Morgan fingerprint density at radius 1 is 1.27 bits per heavy atom. The first-order valence-electron chi connectivity index (χ1n) is 7.51. The van der Waals surface area contributed by atoms with E-state index in [4.69, 9.17) is 9.84 Å². The van der Waals surface area contributed by atoms with Crippen LogP contribution in [0.5, 0.6) is 5.75 Å². The molecule has 3 amide bonds. The highest BCUT2D eigenvalue weighted by molar-refractivity contribution is 6.07. The average Bonchev–Trinajstić information content (AvgIpc) is 2.74. The van der Waals surface area contributed by atoms with Crippen molar-refractivity contribution in [2.45, 2.75) is 32.2 Å². The number of ether oxygens (including phenoxy) is 1. The van der Waals surface area contributed by atoms with E-state index < -0.39 is 11.6 Å². The topological polar surface area (TPSA) is 78.9 Å². The van der Waals surface area contributed by atoms with Gasteiger partial charge in [-0.15, -0.1) is 0 Å². The highest BCUT2D eigenvalue weighted by Gasteiger charge is 2.48. The smallest absolute Gasteiger partial charge is 0.325 e. The number of nitrogens with zero attached hydrogens (tertiary/aromatic N) is 1. The zero-order chi connectivity index (χ0) is 16.2. The van der Waals surface area contributed by atoms with E-state index in [1.165, 1.54) is 0 Å². The van der Waals surface area contributed by atoms with Crippen LogP contribution in [0.15, 0.2) is 24.3 Å². The summed E-state index contributed by atoms with van der Waals surface area (Å²) in [4.78, 5) is 25.7. The van der Waals surface area contributed by atoms with Gasteiger partial charge in [0.2, 0.25) is 0 Å². The third kappa shape index (κ3) is 3.06. The van der Waals surface area contributed by atoms with Crippen molar-refractivity contribution in [2.75, 3.05) is 19.8 Å². The quantitative estimate of drug-likeness (QED) is 0.750. The Balaban J connectivity index is 2.16. The van der Waals surface area contributed by atoms with E-state index in [9.17, 15) is 9.59 Å². The van der Waals surface area contributed by atoms with Crippen LogP contribution >= 0.6 is 0 Å². The Labute approximate surface area is 130 Å². The first kappa shape index (κ1) is 16.3. The lowest BCUT2D eigenvalue weighted by Gasteiger charge is -2.22. The van der Waals surface area contributed by atoms with E-state index in [0.717, 1.165) is 17.1 Å². The molecule has 120 valence electrons. The van der Waals surface area contributed by atoms with Crippen LogP contribution in [-0.2, 0) is 10.3 Å². The average molecular weight is 306 g/mol. The summed E-state index contributed by atoms with van der Waals surface area (Å²) in [5.41, 5.74) is -0.364. The number of aliphatic hydroxyl groups is 1. The predicted octanol–water partition coefficient (Wildman–Crippen LogP) is 1.62. The molecule has 0 bridgehead atoms. The minimum atomic E-state index is -1.07. The van der Waals surface area contributed by atoms with Gasteiger partial charge in [0.1, 0.15) is 11.3 Å². The normalized spacial score (nSPS) is 21.1. The highest BCUT2D eigenvalue weighted by Crippen LogP contribution is 2.30. The molecule has 1 atom stereocenters. The van der Waals surface area contributed by atoms with Crippen molar-refractivity contribution in [1.29, 1.82) is 0 Å². The molecule has 0 aromatic heterocycles. The third-order valence-corrected chi connectivity index (χ3v) is 3.72. The molecule has 2 rings (SSSR count). The van der Waals surface area contributed by atoms with E-state index in [0.29, 0.717) is 18.6 Å². The number of carbonyl (C=O) groups excluding carboxylic acids is 2. The number of rotatable bonds is 7. The number of hydrogen-bond donors (Lipinski definition) is 2. The Bertz CT molecular complexity index is 544. The van der Waals surface area contributed by atoms with Crippen LogP contribution in [0.3, 0.4) is 0 Å². The van der Waals surface area contributed by atoms with E-state index in [2.05, 4.69) is 5.32 Å². The Morgan fingerprint density at radius 3 is 2.55 bits per heavy atom. The van der Waals surface area contributed by atoms with Gasteiger partial charge in [0.15, 0.2) is 0 Å². The zero-order valence-corrected chi connectivity index (χ0v) is 13.0. The van der Waals surface area contributed by atoms with Crippen molar-refractivity contribution in [1.82, 2.24) is 10.2 Å². The van der Waals surface area contributed by atoms with Gasteiger partial charge < -0.3 is 15.2 Å². The molecule has 1 heterocycles. The van der Waals surface area contributed by atoms with Gasteiger partial charge in [-0.2, -0.15) is 0 Å². The molecule has 1 saturated heterocycles. The maximum Gasteiger partial charge on any atom is 0.325 e. The fraction of sp³-hybridized carbons (Fsp3) is 0.500. The van der Waals surface area contributed by atoms with E-state index >= 15 is 0 Å². The number of imide groups is 1. The maximum atomic E-state index is 12.5. The molecule has 1 aliphatic rings. The van der Waals surface area contributed by atoms with Gasteiger partial charge >= 0.3 is 6.03 Å². The second-order valence-corrected chi connectivity index (χ2v) is 5.46. The predicted molar refractivity (Wildman–Crippen MR) is 81.5 cm³/mol. The van der Waals surface area contributed by atoms with Crippen molar-refractivity contribution < 1.29 is 19.4 Å². The second-order valence-electron chi connectivity index (χ2n) is 5.46. The van der Waals surface area contributed by atoms with E-state index in [1.807, 2.05) is 6.92 Å². The number of amides is 3. The molecule has 22 heavy (non-hydrogen) atoms. The number of nitrogens with one attached hydrogen (secondary N) is 1. The fourth-order valence-electron chi connectivity index (χ4n) is 2.43. The number of benzene rings is 1. The van der Waals surface area contributed by atoms with Gasteiger partial charge in [0.05, 0.1) is 6.61 Å². The van der Waals surface area contributed by atoms with Gasteiger partial charge in [-0.05, 0) is 37.5 Å². The summed E-state index contributed by atoms with van der Waals surface area (Å²) in [6.07, 6.45) is 1.30. The van der Waals surface area contributed by atoms with Crippen LogP contribution in [0.1, 0.15) is 32.3 Å². The van der Waals surface area contributed by atoms with Crippen LogP contribution in [0.25, 0.3) is 0 Å². The summed E-state index contributed by atoms with van der Waals surface area (Å²) in [6.45, 7) is 4.52. The summed E-state index contributed by atoms with van der Waals surface area (Å²) in [5.74, 6) is 0.441. The molecule has 1 aliphatic heterocycles. The Kier molecular flexibility index (Phi) is 5.03. The molecule has 0 aliphatic carbocycles. The van der Waals surface area contributed by atoms with E-state index in [1.54, 1.807) is 31.2 Å². The minimum Gasteiger partial charge on any atom is -0.494 e. The molecule has 0 spiro atoms. The van der Waals surface area contributed by atoms with Gasteiger partial charge in [0.25, 0.3) is 5.91 Å². The highest BCUT2D eigenvalue weighted by atomic mass is 16.5. The molecule has 6 heteroatoms. The van der Waals surface area contributed by atoms with E-state index in [-0.39, 0.29) is 19.1 Å². The van der Waals surface area contributed by atoms with Gasteiger partial charge in [-0.25, -0.2) is 4.79 Å². The standard InChI is InChI=1S/C16H22N2O4/c1-3-11-22-13-7-5-12(6-8-13)16(2)14(20)18(9-4-10-19)15(21)17-16/h5-8,19H,3-4,9-11H2,1-2H3,(H,17,21). The summed E-state index contributed by atoms with van der Waals surface area (Å²) in [5, 5.41) is 11.6. The molecular weight excluding hydrogens is 284 g/mol. The minimum absolute atomic E-state index is 0.0583. The SMILES string of the molecule is CCCOc1ccc(C2(C)NC(=O)N(CCCO)C2=O)cc1. The van der Waals surface area contributed by atoms with Crippen LogP contribution < -0.4 is 10.1 Å². The van der Waals surface area contributed by atoms with Gasteiger partial charge in [0, 0.05) is 13.2 Å². The first-order chi connectivity index (χ1) is 10.5. The van der Waals surface area contributed by atoms with Crippen molar-refractivity contribution in [2.24, 2.45) is 0 Å². The Hall–Kier alpha value is -2.08. The molecule has 0 saturated carbocycles. The summed E-state index contributed by atoms with van der Waals surface area (Å²) >= 11 is 0. The van der Waals surface area contributed by atoms with Crippen molar-refractivity contribution in [3.05, 3.63) is 29.8 Å². The molecule has 1 fully saturated rings. The maximum absolute atomic E-state index is 12.5. The molecule has 0 radical (unpaired) electrons. The lowest BCUT2D eigenvalue weighted by molar-refractivity contribution is -0.131. The second kappa shape index (κ2) is 6.79. The number of hydrogen-bond acceptors (Lipinski definition) is 4. The van der Waals surface area contributed by atoms with Crippen molar-refractivity contribution >= 4 is 11.9 Å². The molecule has 1 unspecified atom stereocenters. The molecular formula is C16H22N2O4. The molecule has 2 N–H and O–H groups in total.